The Kier molecular flexibility index (Phi) is 7.17. The molecule has 0 aromatic heterocycles. The Balaban J connectivity index is 1.78. The molecule has 0 unspecified atom stereocenters. The lowest BCUT2D eigenvalue weighted by Crippen LogP contribution is -2.29. The molecule has 3 rings (SSSR count). The third kappa shape index (κ3) is 6.09. The van der Waals surface area contributed by atoms with Crippen molar-refractivity contribution in [2.24, 2.45) is 0 Å². The molecule has 2 N–H and O–H groups in total. The molecule has 0 fully saturated rings. The van der Waals surface area contributed by atoms with Crippen molar-refractivity contribution in [1.82, 2.24) is 0 Å². The number of nitrogens with one attached hydrogen (secondary N) is 2. The smallest absolute Gasteiger partial charge is 0.255 e. The molecule has 0 atom stereocenters. The van der Waals surface area contributed by atoms with Crippen molar-refractivity contribution in [2.45, 2.75) is 13.5 Å². The van der Waals surface area contributed by atoms with E-state index < -0.39 is 10.0 Å². The average Bonchev–Trinajstić information content (AvgIpc) is 2.72. The molecular weight excluding hydrogens is 450 g/mol. The molecule has 0 aliphatic rings. The van der Waals surface area contributed by atoms with Gasteiger partial charge in [0.2, 0.25) is 15.9 Å². The first kappa shape index (κ1) is 23.3. The number of carbonyl (C=O) groups is 2. The van der Waals surface area contributed by atoms with E-state index in [0.29, 0.717) is 33.2 Å². The van der Waals surface area contributed by atoms with E-state index >= 15 is 0 Å². The van der Waals surface area contributed by atoms with Crippen LogP contribution in [0.1, 0.15) is 22.8 Å². The van der Waals surface area contributed by atoms with Crippen LogP contribution in [0.15, 0.2) is 72.8 Å². The van der Waals surface area contributed by atoms with E-state index in [1.807, 2.05) is 0 Å². The Labute approximate surface area is 192 Å². The van der Waals surface area contributed by atoms with Gasteiger partial charge in [0.1, 0.15) is 0 Å². The highest BCUT2D eigenvalue weighted by Crippen LogP contribution is 2.25. The quantitative estimate of drug-likeness (QED) is 0.529. The van der Waals surface area contributed by atoms with E-state index in [2.05, 4.69) is 10.6 Å². The molecule has 0 saturated carbocycles. The summed E-state index contributed by atoms with van der Waals surface area (Å²) in [6.07, 6.45) is 1.12. The summed E-state index contributed by atoms with van der Waals surface area (Å²) in [7, 11) is -3.59. The molecule has 0 aliphatic heterocycles. The third-order valence-electron chi connectivity index (χ3n) is 4.53. The molecule has 166 valence electrons. The largest absolute Gasteiger partial charge is 0.326 e. The number of anilines is 3. The lowest BCUT2D eigenvalue weighted by Gasteiger charge is -2.23. The first-order valence-corrected chi connectivity index (χ1v) is 11.9. The van der Waals surface area contributed by atoms with Gasteiger partial charge in [-0.1, -0.05) is 35.9 Å². The number of carbonyl (C=O) groups excluding carboxylic acids is 2. The molecule has 0 bridgehead atoms. The number of halogens is 1. The molecule has 0 saturated heterocycles. The van der Waals surface area contributed by atoms with Crippen LogP contribution in [0.2, 0.25) is 5.02 Å². The van der Waals surface area contributed by atoms with Gasteiger partial charge in [0.15, 0.2) is 0 Å². The number of nitrogens with zero attached hydrogens (tertiary/aromatic N) is 1. The summed E-state index contributed by atoms with van der Waals surface area (Å²) >= 11 is 6.19. The van der Waals surface area contributed by atoms with Crippen LogP contribution in [0.3, 0.4) is 0 Å². The first-order valence-electron chi connectivity index (χ1n) is 9.63. The van der Waals surface area contributed by atoms with Crippen molar-refractivity contribution in [3.8, 4) is 0 Å². The highest BCUT2D eigenvalue weighted by molar-refractivity contribution is 7.92. The number of benzene rings is 3. The third-order valence-corrected chi connectivity index (χ3v) is 6.04. The summed E-state index contributed by atoms with van der Waals surface area (Å²) in [4.78, 5) is 23.8. The van der Waals surface area contributed by atoms with Crippen molar-refractivity contribution < 1.29 is 18.0 Å². The van der Waals surface area contributed by atoms with Crippen molar-refractivity contribution in [1.29, 1.82) is 0 Å². The van der Waals surface area contributed by atoms with Crippen LogP contribution in [0, 0.1) is 0 Å². The summed E-state index contributed by atoms with van der Waals surface area (Å²) in [6.45, 7) is 1.47. The maximum Gasteiger partial charge on any atom is 0.255 e. The normalized spacial score (nSPS) is 11.0. The number of sulfonamides is 1. The lowest BCUT2D eigenvalue weighted by molar-refractivity contribution is -0.114. The molecule has 3 aromatic carbocycles. The van der Waals surface area contributed by atoms with Crippen LogP contribution >= 0.6 is 11.6 Å². The van der Waals surface area contributed by atoms with Gasteiger partial charge in [-0.15, -0.1) is 0 Å². The van der Waals surface area contributed by atoms with Crippen molar-refractivity contribution >= 4 is 50.5 Å². The fourth-order valence-corrected chi connectivity index (χ4v) is 4.12. The van der Waals surface area contributed by atoms with Gasteiger partial charge >= 0.3 is 0 Å². The van der Waals surface area contributed by atoms with Gasteiger partial charge in [0.25, 0.3) is 5.91 Å². The van der Waals surface area contributed by atoms with Crippen LogP contribution in [-0.4, -0.2) is 26.5 Å². The van der Waals surface area contributed by atoms with Crippen molar-refractivity contribution in [3.05, 3.63) is 88.9 Å². The second-order valence-electron chi connectivity index (χ2n) is 7.12. The minimum atomic E-state index is -3.59. The minimum Gasteiger partial charge on any atom is -0.326 e. The minimum absolute atomic E-state index is 0.0694. The number of hydrogen-bond acceptors (Lipinski definition) is 4. The molecule has 3 aromatic rings. The molecule has 2 amide bonds. The Morgan fingerprint density at radius 3 is 2.12 bits per heavy atom. The molecule has 7 nitrogen and oxygen atoms in total. The van der Waals surface area contributed by atoms with Crippen LogP contribution < -0.4 is 14.9 Å². The Morgan fingerprint density at radius 2 is 1.53 bits per heavy atom. The van der Waals surface area contributed by atoms with Crippen LogP contribution in [0.4, 0.5) is 17.1 Å². The molecule has 0 heterocycles. The lowest BCUT2D eigenvalue weighted by atomic mass is 10.1. The second-order valence-corrected chi connectivity index (χ2v) is 9.44. The summed E-state index contributed by atoms with van der Waals surface area (Å²) in [5, 5.41) is 5.88. The number of hydrogen-bond donors (Lipinski definition) is 2. The van der Waals surface area contributed by atoms with Gasteiger partial charge in [-0.05, 0) is 54.1 Å². The molecule has 0 spiro atoms. The zero-order valence-electron chi connectivity index (χ0n) is 17.5. The van der Waals surface area contributed by atoms with E-state index in [1.165, 1.54) is 11.2 Å². The van der Waals surface area contributed by atoms with Crippen molar-refractivity contribution in [3.63, 3.8) is 0 Å². The Hall–Kier alpha value is -3.36. The van der Waals surface area contributed by atoms with E-state index in [1.54, 1.807) is 72.8 Å². The number of amides is 2. The summed E-state index contributed by atoms with van der Waals surface area (Å²) in [5.74, 6) is -0.579. The second kappa shape index (κ2) is 9.84. The van der Waals surface area contributed by atoms with E-state index in [9.17, 15) is 18.0 Å². The molecular formula is C23H22ClN3O4S. The maximum absolute atomic E-state index is 12.6. The van der Waals surface area contributed by atoms with Crippen LogP contribution in [0.25, 0.3) is 0 Å². The molecule has 0 aliphatic carbocycles. The number of rotatable bonds is 7. The highest BCUT2D eigenvalue weighted by Gasteiger charge is 2.19. The first-order chi connectivity index (χ1) is 15.1. The Morgan fingerprint density at radius 1 is 0.906 bits per heavy atom. The van der Waals surface area contributed by atoms with Crippen LogP contribution in [0.5, 0.6) is 0 Å². The van der Waals surface area contributed by atoms with Gasteiger partial charge in [0.05, 0.1) is 18.5 Å². The predicted octanol–water partition coefficient (Wildman–Crippen LogP) is 4.52. The predicted molar refractivity (Wildman–Crippen MR) is 128 cm³/mol. The molecule has 0 radical (unpaired) electrons. The van der Waals surface area contributed by atoms with E-state index in [4.69, 9.17) is 11.6 Å². The van der Waals surface area contributed by atoms with Gasteiger partial charge in [-0.25, -0.2) is 8.42 Å². The van der Waals surface area contributed by atoms with Gasteiger partial charge in [-0.2, -0.15) is 0 Å². The van der Waals surface area contributed by atoms with E-state index in [-0.39, 0.29) is 18.4 Å². The highest BCUT2D eigenvalue weighted by atomic mass is 35.5. The van der Waals surface area contributed by atoms with Crippen LogP contribution in [-0.2, 0) is 21.4 Å². The summed E-state index contributed by atoms with van der Waals surface area (Å²) in [5.41, 5.74) is 2.51. The van der Waals surface area contributed by atoms with Gasteiger partial charge in [-0.3, -0.25) is 13.9 Å². The summed E-state index contributed by atoms with van der Waals surface area (Å²) in [6, 6.07) is 20.0. The van der Waals surface area contributed by atoms with Gasteiger partial charge < -0.3 is 10.6 Å². The molecule has 9 heteroatoms. The average molecular weight is 472 g/mol. The summed E-state index contributed by atoms with van der Waals surface area (Å²) < 4.78 is 26.0. The van der Waals surface area contributed by atoms with Crippen molar-refractivity contribution in [2.75, 3.05) is 21.2 Å². The monoisotopic (exact) mass is 471 g/mol. The zero-order valence-corrected chi connectivity index (χ0v) is 19.1. The Bertz CT molecular complexity index is 1240. The molecule has 32 heavy (non-hydrogen) atoms. The van der Waals surface area contributed by atoms with Gasteiger partial charge in [0, 0.05) is 28.9 Å². The SMILES string of the molecule is CC(=O)Nc1cccc(NC(=O)c2ccc(N(Cc3ccccc3Cl)S(C)(=O)=O)cc2)c1. The zero-order chi connectivity index (χ0) is 23.3. The maximum atomic E-state index is 12.6. The fraction of sp³-hybridized carbons (Fsp3) is 0.130. The standard InChI is InChI=1S/C23H22ClN3O4S/c1-16(28)25-19-7-5-8-20(14-19)26-23(29)17-10-12-21(13-11-17)27(32(2,30)31)15-18-6-3-4-9-22(18)24/h3-14H,15H2,1-2H3,(H,25,28)(H,26,29). The fourth-order valence-electron chi connectivity index (χ4n) is 3.04. The topological polar surface area (TPSA) is 95.6 Å². The van der Waals surface area contributed by atoms with E-state index in [0.717, 1.165) is 6.26 Å².